The molecule has 16 heavy (non-hydrogen) atoms. The molecule has 3 unspecified atom stereocenters. The molecule has 5 nitrogen and oxygen atoms in total. The lowest BCUT2D eigenvalue weighted by molar-refractivity contribution is 0.314. The summed E-state index contributed by atoms with van der Waals surface area (Å²) in [6, 6.07) is 0.497. The summed E-state index contributed by atoms with van der Waals surface area (Å²) in [4.78, 5) is 0. The monoisotopic (exact) mass is 249 g/mol. The van der Waals surface area contributed by atoms with Gasteiger partial charge in [-0.2, -0.15) is 0 Å². The van der Waals surface area contributed by atoms with E-state index >= 15 is 0 Å². The fourth-order valence-corrected chi connectivity index (χ4v) is 2.13. The number of nitrogens with one attached hydrogen (secondary N) is 1. The Balaban J connectivity index is 3.96. The molecule has 0 heterocycles. The van der Waals surface area contributed by atoms with Gasteiger partial charge in [-0.15, -0.1) is 0 Å². The summed E-state index contributed by atoms with van der Waals surface area (Å²) in [6.07, 6.45) is 4.03. The first-order valence-corrected chi connectivity index (χ1v) is 7.24. The van der Waals surface area contributed by atoms with Crippen LogP contribution in [-0.2, 0) is 10.8 Å². The largest absolute Gasteiger partial charge is 0.409 e. The van der Waals surface area contributed by atoms with E-state index in [2.05, 4.69) is 17.4 Å². The molecule has 6 heteroatoms. The zero-order valence-electron chi connectivity index (χ0n) is 10.3. The average Bonchev–Trinajstić information content (AvgIpc) is 2.25. The Morgan fingerprint density at radius 2 is 2.25 bits per heavy atom. The standard InChI is InChI=1S/C10H23N3O2S/c1-4-9(7-10(11)13-14)12-8(2)5-6-16(3)15/h8-9,12,14H,4-7H2,1-3H3,(H2,11,13). The van der Waals surface area contributed by atoms with Gasteiger partial charge >= 0.3 is 0 Å². The third kappa shape index (κ3) is 7.64. The van der Waals surface area contributed by atoms with Crippen molar-refractivity contribution in [3.63, 3.8) is 0 Å². The lowest BCUT2D eigenvalue weighted by Gasteiger charge is -2.21. The molecule has 0 fully saturated rings. The maximum Gasteiger partial charge on any atom is 0.140 e. The van der Waals surface area contributed by atoms with Gasteiger partial charge in [0.15, 0.2) is 0 Å². The molecule has 0 aromatic carbocycles. The van der Waals surface area contributed by atoms with Gasteiger partial charge in [0.05, 0.1) is 0 Å². The molecule has 0 spiro atoms. The van der Waals surface area contributed by atoms with E-state index in [0.717, 1.165) is 12.8 Å². The van der Waals surface area contributed by atoms with Crippen molar-refractivity contribution in [1.29, 1.82) is 0 Å². The molecule has 0 aliphatic heterocycles. The Hall–Kier alpha value is -0.620. The highest BCUT2D eigenvalue weighted by Crippen LogP contribution is 2.02. The van der Waals surface area contributed by atoms with Crippen LogP contribution in [0.4, 0.5) is 0 Å². The Labute approximate surface area is 99.9 Å². The summed E-state index contributed by atoms with van der Waals surface area (Å²) >= 11 is 0. The van der Waals surface area contributed by atoms with E-state index in [-0.39, 0.29) is 11.9 Å². The Kier molecular flexibility index (Phi) is 8.19. The molecule has 96 valence electrons. The number of hydrogen-bond acceptors (Lipinski definition) is 4. The van der Waals surface area contributed by atoms with Crippen molar-refractivity contribution in [3.05, 3.63) is 0 Å². The van der Waals surface area contributed by atoms with Crippen molar-refractivity contribution in [2.45, 2.75) is 45.2 Å². The molecule has 0 aliphatic carbocycles. The van der Waals surface area contributed by atoms with Crippen LogP contribution in [0.2, 0.25) is 0 Å². The fourth-order valence-electron chi connectivity index (χ4n) is 1.44. The van der Waals surface area contributed by atoms with Crippen molar-refractivity contribution in [1.82, 2.24) is 5.32 Å². The van der Waals surface area contributed by atoms with E-state index in [9.17, 15) is 4.21 Å². The smallest absolute Gasteiger partial charge is 0.140 e. The number of nitrogens with two attached hydrogens (primary N) is 1. The van der Waals surface area contributed by atoms with Crippen molar-refractivity contribution >= 4 is 16.6 Å². The van der Waals surface area contributed by atoms with Gasteiger partial charge in [0.2, 0.25) is 0 Å². The molecular formula is C10H23N3O2S. The second-order valence-electron chi connectivity index (χ2n) is 4.03. The molecule has 0 aromatic heterocycles. The molecule has 4 N–H and O–H groups in total. The number of amidine groups is 1. The minimum Gasteiger partial charge on any atom is -0.409 e. The number of rotatable bonds is 8. The number of hydrogen-bond donors (Lipinski definition) is 3. The minimum atomic E-state index is -0.744. The van der Waals surface area contributed by atoms with Gasteiger partial charge in [0, 0.05) is 41.3 Å². The minimum absolute atomic E-state index is 0.205. The van der Waals surface area contributed by atoms with E-state index in [1.54, 1.807) is 6.26 Å². The van der Waals surface area contributed by atoms with Crippen LogP contribution in [0.3, 0.4) is 0 Å². The highest BCUT2D eigenvalue weighted by molar-refractivity contribution is 7.84. The van der Waals surface area contributed by atoms with E-state index in [4.69, 9.17) is 10.9 Å². The van der Waals surface area contributed by atoms with E-state index in [0.29, 0.717) is 18.2 Å². The molecule has 0 saturated carbocycles. The molecular weight excluding hydrogens is 226 g/mol. The maximum atomic E-state index is 10.9. The first kappa shape index (κ1) is 15.4. The maximum absolute atomic E-state index is 10.9. The summed E-state index contributed by atoms with van der Waals surface area (Å²) in [6.45, 7) is 4.11. The van der Waals surface area contributed by atoms with Gasteiger partial charge in [-0.25, -0.2) is 0 Å². The summed E-state index contributed by atoms with van der Waals surface area (Å²) in [5, 5.41) is 14.8. The summed E-state index contributed by atoms with van der Waals surface area (Å²) in [5.41, 5.74) is 5.46. The van der Waals surface area contributed by atoms with E-state index in [1.165, 1.54) is 0 Å². The van der Waals surface area contributed by atoms with Crippen LogP contribution in [0.5, 0.6) is 0 Å². The molecule has 0 aromatic rings. The second-order valence-corrected chi connectivity index (χ2v) is 5.59. The topological polar surface area (TPSA) is 87.7 Å². The predicted molar refractivity (Wildman–Crippen MR) is 68.3 cm³/mol. The molecule has 0 bridgehead atoms. The van der Waals surface area contributed by atoms with Crippen LogP contribution in [-0.4, -0.2) is 39.3 Å². The Morgan fingerprint density at radius 1 is 1.62 bits per heavy atom. The van der Waals surface area contributed by atoms with Gasteiger partial charge in [0.1, 0.15) is 5.84 Å². The fraction of sp³-hybridized carbons (Fsp3) is 0.900. The van der Waals surface area contributed by atoms with Crippen molar-refractivity contribution in [2.24, 2.45) is 10.9 Å². The quantitative estimate of drug-likeness (QED) is 0.255. The lowest BCUT2D eigenvalue weighted by atomic mass is 10.1. The second kappa shape index (κ2) is 8.52. The van der Waals surface area contributed by atoms with Crippen molar-refractivity contribution in [3.8, 4) is 0 Å². The number of nitrogens with zero attached hydrogens (tertiary/aromatic N) is 1. The van der Waals surface area contributed by atoms with Crippen LogP contribution >= 0.6 is 0 Å². The van der Waals surface area contributed by atoms with Gasteiger partial charge in [-0.1, -0.05) is 12.1 Å². The molecule has 0 radical (unpaired) electrons. The highest BCUT2D eigenvalue weighted by Gasteiger charge is 2.12. The van der Waals surface area contributed by atoms with Crippen LogP contribution < -0.4 is 11.1 Å². The Morgan fingerprint density at radius 3 is 2.69 bits per heavy atom. The van der Waals surface area contributed by atoms with Crippen molar-refractivity contribution < 1.29 is 9.42 Å². The zero-order chi connectivity index (χ0) is 12.6. The summed E-state index contributed by atoms with van der Waals surface area (Å²) in [7, 11) is -0.744. The highest BCUT2D eigenvalue weighted by atomic mass is 32.2. The van der Waals surface area contributed by atoms with E-state index in [1.807, 2.05) is 6.92 Å². The predicted octanol–water partition coefficient (Wildman–Crippen LogP) is 0.648. The first-order valence-electron chi connectivity index (χ1n) is 5.52. The van der Waals surface area contributed by atoms with Gasteiger partial charge in [0.25, 0.3) is 0 Å². The molecule has 3 atom stereocenters. The molecule has 0 amide bonds. The number of oxime groups is 1. The first-order chi connectivity index (χ1) is 7.49. The summed E-state index contributed by atoms with van der Waals surface area (Å²) in [5.74, 6) is 0.944. The third-order valence-electron chi connectivity index (χ3n) is 2.44. The van der Waals surface area contributed by atoms with Crippen molar-refractivity contribution in [2.75, 3.05) is 12.0 Å². The normalized spacial score (nSPS) is 18.1. The molecule has 0 aliphatic rings. The molecule has 0 rings (SSSR count). The third-order valence-corrected chi connectivity index (χ3v) is 3.25. The summed E-state index contributed by atoms with van der Waals surface area (Å²) < 4.78 is 10.9. The molecule has 0 saturated heterocycles. The van der Waals surface area contributed by atoms with Crippen LogP contribution in [0.15, 0.2) is 5.16 Å². The van der Waals surface area contributed by atoms with Gasteiger partial charge in [-0.05, 0) is 19.8 Å². The lowest BCUT2D eigenvalue weighted by Crippen LogP contribution is -2.39. The van der Waals surface area contributed by atoms with Gasteiger partial charge in [-0.3, -0.25) is 4.21 Å². The average molecular weight is 249 g/mol. The Bertz CT molecular complexity index is 246. The van der Waals surface area contributed by atoms with Crippen LogP contribution in [0, 0.1) is 0 Å². The van der Waals surface area contributed by atoms with Gasteiger partial charge < -0.3 is 16.3 Å². The zero-order valence-corrected chi connectivity index (χ0v) is 11.1. The van der Waals surface area contributed by atoms with E-state index < -0.39 is 10.8 Å². The van der Waals surface area contributed by atoms with Crippen LogP contribution in [0.1, 0.15) is 33.1 Å². The van der Waals surface area contributed by atoms with Crippen LogP contribution in [0.25, 0.3) is 0 Å². The SMILES string of the molecule is CCC(CC(N)=NO)NC(C)CCS(C)=O.